The van der Waals surface area contributed by atoms with Gasteiger partial charge >= 0.3 is 0 Å². The van der Waals surface area contributed by atoms with Gasteiger partial charge in [0.1, 0.15) is 5.75 Å². The normalized spacial score (nSPS) is 20.2. The third kappa shape index (κ3) is 2.36. The van der Waals surface area contributed by atoms with Crippen LogP contribution >= 0.6 is 0 Å². The maximum atomic E-state index is 5.75. The van der Waals surface area contributed by atoms with Gasteiger partial charge < -0.3 is 23.7 Å². The Hall–Kier alpha value is -2.60. The summed E-state index contributed by atoms with van der Waals surface area (Å²) < 4.78 is 28.1. The van der Waals surface area contributed by atoms with Crippen LogP contribution in [-0.2, 0) is 12.8 Å². The minimum absolute atomic E-state index is 0.206. The Labute approximate surface area is 152 Å². The van der Waals surface area contributed by atoms with Gasteiger partial charge in [-0.3, -0.25) is 4.90 Å². The zero-order chi connectivity index (χ0) is 17.7. The fraction of sp³-hybridized carbons (Fsp3) is 0.400. The van der Waals surface area contributed by atoms with Crippen LogP contribution in [0.2, 0.25) is 0 Å². The summed E-state index contributed by atoms with van der Waals surface area (Å²) in [4.78, 5) is 2.37. The summed E-state index contributed by atoms with van der Waals surface area (Å²) in [6.07, 6.45) is 1.78. The summed E-state index contributed by atoms with van der Waals surface area (Å²) in [5, 5.41) is 0. The maximum absolute atomic E-state index is 5.75. The van der Waals surface area contributed by atoms with Gasteiger partial charge in [-0.05, 0) is 55.3 Å². The molecule has 6 nitrogen and oxygen atoms in total. The third-order valence-corrected chi connectivity index (χ3v) is 5.48. The highest BCUT2D eigenvalue weighted by Crippen LogP contribution is 2.46. The molecule has 0 unspecified atom stereocenters. The number of hydrogen-bond donors (Lipinski definition) is 0. The SMILES string of the molecule is COc1ccc2c(c1C[C@@H]1c3cc4c(cc3CCN1C)OCO4)OCO2. The van der Waals surface area contributed by atoms with Crippen LogP contribution in [0.4, 0.5) is 0 Å². The molecule has 2 aromatic carbocycles. The lowest BCUT2D eigenvalue weighted by Gasteiger charge is -2.35. The molecule has 1 atom stereocenters. The molecule has 136 valence electrons. The van der Waals surface area contributed by atoms with Gasteiger partial charge in [0.05, 0.1) is 7.11 Å². The van der Waals surface area contributed by atoms with Crippen molar-refractivity contribution in [1.29, 1.82) is 0 Å². The van der Waals surface area contributed by atoms with E-state index in [4.69, 9.17) is 23.7 Å². The van der Waals surface area contributed by atoms with Crippen molar-refractivity contribution in [2.45, 2.75) is 18.9 Å². The van der Waals surface area contributed by atoms with Crippen LogP contribution in [0.5, 0.6) is 28.7 Å². The lowest BCUT2D eigenvalue weighted by molar-refractivity contribution is 0.172. The molecule has 0 spiro atoms. The summed E-state index contributed by atoms with van der Waals surface area (Å²) in [6.45, 7) is 1.54. The molecule has 3 aliphatic heterocycles. The van der Waals surface area contributed by atoms with Crippen molar-refractivity contribution in [2.75, 3.05) is 34.3 Å². The molecule has 0 saturated heterocycles. The number of ether oxygens (including phenoxy) is 5. The number of nitrogens with zero attached hydrogens (tertiary/aromatic N) is 1. The minimum Gasteiger partial charge on any atom is -0.496 e. The van der Waals surface area contributed by atoms with Crippen LogP contribution in [0.25, 0.3) is 0 Å². The molecule has 6 heteroatoms. The number of benzene rings is 2. The van der Waals surface area contributed by atoms with E-state index in [9.17, 15) is 0 Å². The van der Waals surface area contributed by atoms with E-state index in [1.807, 2.05) is 12.1 Å². The third-order valence-electron chi connectivity index (χ3n) is 5.48. The number of rotatable bonds is 3. The second-order valence-electron chi connectivity index (χ2n) is 6.83. The molecule has 0 bridgehead atoms. The Kier molecular flexibility index (Phi) is 3.60. The molecule has 0 N–H and O–H groups in total. The van der Waals surface area contributed by atoms with E-state index >= 15 is 0 Å². The van der Waals surface area contributed by atoms with Gasteiger partial charge in [0.15, 0.2) is 23.0 Å². The quantitative estimate of drug-likeness (QED) is 0.844. The van der Waals surface area contributed by atoms with Crippen LogP contribution in [0.1, 0.15) is 22.7 Å². The molecule has 0 aliphatic carbocycles. The second-order valence-corrected chi connectivity index (χ2v) is 6.83. The second kappa shape index (κ2) is 5.99. The molecule has 0 radical (unpaired) electrons. The Morgan fingerprint density at radius 3 is 2.65 bits per heavy atom. The summed E-state index contributed by atoms with van der Waals surface area (Å²) in [7, 11) is 3.85. The summed E-state index contributed by atoms with van der Waals surface area (Å²) in [5.41, 5.74) is 3.65. The molecule has 2 aromatic rings. The standard InChI is InChI=1S/C20H21NO5/c1-21-6-5-12-7-18-19(25-10-24-18)9-13(12)15(21)8-14-16(22-2)3-4-17-20(14)26-11-23-17/h3-4,7,9,15H,5-6,8,10-11H2,1-2H3/t15-/m1/s1. The molecule has 0 amide bonds. The highest BCUT2D eigenvalue weighted by molar-refractivity contribution is 5.57. The zero-order valence-corrected chi connectivity index (χ0v) is 14.9. The number of hydrogen-bond acceptors (Lipinski definition) is 6. The average Bonchev–Trinajstić information content (AvgIpc) is 3.31. The van der Waals surface area contributed by atoms with Crippen molar-refractivity contribution < 1.29 is 23.7 Å². The van der Waals surface area contributed by atoms with Gasteiger partial charge in [-0.2, -0.15) is 0 Å². The minimum atomic E-state index is 0.206. The number of likely N-dealkylation sites (N-methyl/N-ethyl adjacent to an activating group) is 1. The van der Waals surface area contributed by atoms with Crippen molar-refractivity contribution in [3.05, 3.63) is 41.0 Å². The molecule has 0 fully saturated rings. The lowest BCUT2D eigenvalue weighted by Crippen LogP contribution is -2.33. The molecular weight excluding hydrogens is 334 g/mol. The fourth-order valence-electron chi connectivity index (χ4n) is 4.07. The maximum Gasteiger partial charge on any atom is 0.231 e. The predicted octanol–water partition coefficient (Wildman–Crippen LogP) is 2.92. The first-order valence-electron chi connectivity index (χ1n) is 8.82. The average molecular weight is 355 g/mol. The van der Waals surface area contributed by atoms with E-state index in [1.54, 1.807) is 7.11 Å². The van der Waals surface area contributed by atoms with E-state index in [2.05, 4.69) is 24.1 Å². The van der Waals surface area contributed by atoms with E-state index in [1.165, 1.54) is 11.1 Å². The van der Waals surface area contributed by atoms with E-state index in [0.717, 1.165) is 53.7 Å². The Morgan fingerprint density at radius 1 is 1.04 bits per heavy atom. The zero-order valence-electron chi connectivity index (χ0n) is 14.9. The van der Waals surface area contributed by atoms with Crippen molar-refractivity contribution in [1.82, 2.24) is 4.90 Å². The molecule has 5 rings (SSSR count). The fourth-order valence-corrected chi connectivity index (χ4v) is 4.07. The van der Waals surface area contributed by atoms with Gasteiger partial charge in [0.25, 0.3) is 0 Å². The Balaban J connectivity index is 1.57. The van der Waals surface area contributed by atoms with Crippen LogP contribution in [0.3, 0.4) is 0 Å². The van der Waals surface area contributed by atoms with Crippen molar-refractivity contribution in [3.8, 4) is 28.7 Å². The van der Waals surface area contributed by atoms with Gasteiger partial charge in [-0.15, -0.1) is 0 Å². The lowest BCUT2D eigenvalue weighted by atomic mass is 9.88. The Morgan fingerprint density at radius 2 is 1.81 bits per heavy atom. The van der Waals surface area contributed by atoms with Gasteiger partial charge in [-0.1, -0.05) is 0 Å². The van der Waals surface area contributed by atoms with E-state index in [0.29, 0.717) is 6.79 Å². The molecule has 3 heterocycles. The van der Waals surface area contributed by atoms with Crippen LogP contribution in [0, 0.1) is 0 Å². The van der Waals surface area contributed by atoms with Crippen molar-refractivity contribution in [3.63, 3.8) is 0 Å². The molecule has 3 aliphatic rings. The summed E-state index contributed by atoms with van der Waals surface area (Å²) in [6, 6.07) is 8.32. The number of methoxy groups -OCH3 is 1. The molecule has 26 heavy (non-hydrogen) atoms. The molecule has 0 aromatic heterocycles. The first-order chi connectivity index (χ1) is 12.7. The largest absolute Gasteiger partial charge is 0.496 e. The van der Waals surface area contributed by atoms with Crippen LogP contribution in [0.15, 0.2) is 24.3 Å². The smallest absolute Gasteiger partial charge is 0.231 e. The number of fused-ring (bicyclic) bond motifs is 3. The topological polar surface area (TPSA) is 49.4 Å². The van der Waals surface area contributed by atoms with Crippen LogP contribution < -0.4 is 23.7 Å². The first kappa shape index (κ1) is 15.6. The van der Waals surface area contributed by atoms with Crippen molar-refractivity contribution in [2.24, 2.45) is 0 Å². The first-order valence-corrected chi connectivity index (χ1v) is 8.82. The summed E-state index contributed by atoms with van der Waals surface area (Å²) in [5.74, 6) is 4.09. The predicted molar refractivity (Wildman–Crippen MR) is 94.5 cm³/mol. The Bertz CT molecular complexity index is 866. The monoisotopic (exact) mass is 355 g/mol. The van der Waals surface area contributed by atoms with Crippen LogP contribution in [-0.4, -0.2) is 39.2 Å². The molecule has 0 saturated carbocycles. The highest BCUT2D eigenvalue weighted by Gasteiger charge is 2.31. The summed E-state index contributed by atoms with van der Waals surface area (Å²) >= 11 is 0. The van der Waals surface area contributed by atoms with E-state index in [-0.39, 0.29) is 12.8 Å². The van der Waals surface area contributed by atoms with Gasteiger partial charge in [-0.25, -0.2) is 0 Å². The van der Waals surface area contributed by atoms with E-state index < -0.39 is 0 Å². The van der Waals surface area contributed by atoms with Gasteiger partial charge in [0.2, 0.25) is 13.6 Å². The highest BCUT2D eigenvalue weighted by atomic mass is 16.7. The van der Waals surface area contributed by atoms with Crippen molar-refractivity contribution >= 4 is 0 Å². The van der Waals surface area contributed by atoms with Gasteiger partial charge in [0, 0.05) is 18.2 Å². The molecular formula is C20H21NO5.